The second-order valence-electron chi connectivity index (χ2n) is 10.3. The summed E-state index contributed by atoms with van der Waals surface area (Å²) in [7, 11) is 0. The van der Waals surface area contributed by atoms with Gasteiger partial charge in [0.15, 0.2) is 11.5 Å². The molecule has 40 heavy (non-hydrogen) atoms. The van der Waals surface area contributed by atoms with Gasteiger partial charge in [0.2, 0.25) is 0 Å². The molecule has 11 nitrogen and oxygen atoms in total. The number of likely N-dealkylation sites (tertiary alicyclic amines) is 1. The van der Waals surface area contributed by atoms with Gasteiger partial charge in [0, 0.05) is 57.0 Å². The van der Waals surface area contributed by atoms with Gasteiger partial charge in [-0.3, -0.25) is 14.7 Å². The fourth-order valence-electron chi connectivity index (χ4n) is 4.61. The van der Waals surface area contributed by atoms with E-state index in [1.54, 1.807) is 67.5 Å². The van der Waals surface area contributed by atoms with E-state index >= 15 is 0 Å². The number of pyridine rings is 2. The van der Waals surface area contributed by atoms with Gasteiger partial charge < -0.3 is 25.1 Å². The Labute approximate surface area is 231 Å². The highest BCUT2D eigenvalue weighted by Crippen LogP contribution is 2.34. The number of carbonyl (C=O) groups is 2. The quantitative estimate of drug-likeness (QED) is 0.288. The summed E-state index contributed by atoms with van der Waals surface area (Å²) in [4.78, 5) is 39.3. The minimum atomic E-state index is -1.08. The number of carbonyl (C=O) groups excluding carboxylic acids is 2. The minimum Gasteiger partial charge on any atom is -0.456 e. The van der Waals surface area contributed by atoms with E-state index in [-0.39, 0.29) is 17.9 Å². The average molecular weight is 539 g/mol. The molecule has 3 N–H and O–H groups in total. The lowest BCUT2D eigenvalue weighted by atomic mass is 10.00. The van der Waals surface area contributed by atoms with Crippen LogP contribution in [0.3, 0.4) is 0 Å². The van der Waals surface area contributed by atoms with Crippen molar-refractivity contribution in [1.82, 2.24) is 25.1 Å². The highest BCUT2D eigenvalue weighted by molar-refractivity contribution is 6.03. The molecule has 0 aliphatic carbocycles. The van der Waals surface area contributed by atoms with Gasteiger partial charge in [0.1, 0.15) is 22.7 Å². The number of benzene rings is 1. The summed E-state index contributed by atoms with van der Waals surface area (Å²) >= 11 is 0. The van der Waals surface area contributed by atoms with Crippen molar-refractivity contribution >= 4 is 34.5 Å². The largest absolute Gasteiger partial charge is 0.456 e. The van der Waals surface area contributed by atoms with Crippen LogP contribution in [0.5, 0.6) is 11.5 Å². The van der Waals surface area contributed by atoms with Gasteiger partial charge in [-0.25, -0.2) is 16.5 Å². The Morgan fingerprint density at radius 2 is 1.93 bits per heavy atom. The zero-order valence-electron chi connectivity index (χ0n) is 22.6. The molecule has 4 heterocycles. The van der Waals surface area contributed by atoms with Gasteiger partial charge in [-0.05, 0) is 61.7 Å². The van der Waals surface area contributed by atoms with Crippen LogP contribution in [0.25, 0.3) is 15.9 Å². The van der Waals surface area contributed by atoms with Crippen LogP contribution in [0.4, 0.5) is 11.6 Å². The van der Waals surface area contributed by atoms with Gasteiger partial charge in [-0.1, -0.05) is 0 Å². The predicted molar refractivity (Wildman–Crippen MR) is 151 cm³/mol. The highest BCUT2D eigenvalue weighted by Gasteiger charge is 2.39. The lowest BCUT2D eigenvalue weighted by Gasteiger charge is -2.34. The van der Waals surface area contributed by atoms with Crippen LogP contribution >= 0.6 is 0 Å². The molecule has 1 aliphatic rings. The van der Waals surface area contributed by atoms with E-state index in [9.17, 15) is 9.59 Å². The van der Waals surface area contributed by atoms with Gasteiger partial charge in [-0.15, -0.1) is 0 Å². The summed E-state index contributed by atoms with van der Waals surface area (Å²) in [6.07, 6.45) is 4.95. The third kappa shape index (κ3) is 5.71. The summed E-state index contributed by atoms with van der Waals surface area (Å²) in [5, 5.41) is 14.3. The minimum absolute atomic E-state index is 0.0422. The van der Waals surface area contributed by atoms with Crippen LogP contribution < -0.4 is 15.4 Å². The summed E-state index contributed by atoms with van der Waals surface area (Å²) < 4.78 is 6.19. The average Bonchev–Trinajstić information content (AvgIpc) is 3.36. The molecule has 3 aromatic heterocycles. The Morgan fingerprint density at radius 3 is 2.67 bits per heavy atom. The van der Waals surface area contributed by atoms with Gasteiger partial charge in [0.05, 0.1) is 0 Å². The Kier molecular flexibility index (Phi) is 7.33. The molecule has 1 aliphatic heterocycles. The molecule has 1 fully saturated rings. The monoisotopic (exact) mass is 538 g/mol. The molecule has 0 spiro atoms. The Balaban J connectivity index is 1.30. The maximum Gasteiger partial charge on any atom is 0.308 e. The number of amides is 2. The third-order valence-electron chi connectivity index (χ3n) is 6.78. The number of nitrogens with one attached hydrogen (secondary N) is 3. The number of piperidine rings is 1. The lowest BCUT2D eigenvalue weighted by Crippen LogP contribution is -2.50. The van der Waals surface area contributed by atoms with E-state index in [1.807, 2.05) is 13.0 Å². The van der Waals surface area contributed by atoms with Crippen molar-refractivity contribution in [3.05, 3.63) is 77.4 Å². The van der Waals surface area contributed by atoms with Crippen molar-refractivity contribution in [2.45, 2.75) is 45.2 Å². The molecule has 1 atom stereocenters. The first-order valence-corrected chi connectivity index (χ1v) is 13.0. The number of fused-ring (bicyclic) bond motifs is 1. The number of nitrogens with zero attached hydrogens (tertiary/aromatic N) is 5. The molecular weight excluding hydrogens is 508 g/mol. The number of hydrogen-bond acceptors (Lipinski definition) is 7. The first kappa shape index (κ1) is 26.6. The summed E-state index contributed by atoms with van der Waals surface area (Å²) in [6.45, 7) is 13.7. The van der Waals surface area contributed by atoms with Gasteiger partial charge in [0.25, 0.3) is 5.91 Å². The molecule has 2 amide bonds. The molecule has 5 rings (SSSR count). The number of rotatable bonds is 7. The third-order valence-corrected chi connectivity index (χ3v) is 6.78. The molecule has 1 saturated heterocycles. The van der Waals surface area contributed by atoms with Crippen molar-refractivity contribution < 1.29 is 14.3 Å². The number of aromatic nitrogens is 4. The fraction of sp³-hybridized carbons (Fsp3) is 0.310. The summed E-state index contributed by atoms with van der Waals surface area (Å²) in [5.74, 6) is 1.71. The second kappa shape index (κ2) is 11.0. The van der Waals surface area contributed by atoms with E-state index in [0.717, 1.165) is 18.4 Å². The van der Waals surface area contributed by atoms with E-state index in [2.05, 4.69) is 35.6 Å². The number of H-pyrrole nitrogens is 1. The molecular formula is C29H30N8O3. The molecule has 11 heteroatoms. The standard InChI is InChI=1S/C29H30N8O3/c1-18-11-13-31-23(16-18)34-27(38)19-7-9-21(10-8-19)40-22-12-14-32-25-24(22)26(36-35-25)33-20-6-5-15-37(17-20)28(39)29(2,3)30-4/h7-14,16,20H,5-6,15,17H2,1-3H3,(H,31,34,38)(H2,32,33,35,36)/t20-/m1/s1. The van der Waals surface area contributed by atoms with E-state index < -0.39 is 5.54 Å². The Hall–Kier alpha value is -4.98. The van der Waals surface area contributed by atoms with E-state index in [1.165, 1.54) is 0 Å². The number of aryl methyl sites for hydroxylation is 1. The van der Waals surface area contributed by atoms with Crippen LogP contribution in [0.15, 0.2) is 54.9 Å². The molecule has 0 radical (unpaired) electrons. The Bertz CT molecular complexity index is 1590. The molecule has 0 bridgehead atoms. The first-order valence-electron chi connectivity index (χ1n) is 13.0. The van der Waals surface area contributed by atoms with Crippen LogP contribution in [-0.2, 0) is 4.79 Å². The van der Waals surface area contributed by atoms with E-state index in [0.29, 0.717) is 52.8 Å². The van der Waals surface area contributed by atoms with Crippen molar-refractivity contribution in [3.8, 4) is 11.5 Å². The second-order valence-corrected chi connectivity index (χ2v) is 10.3. The smallest absolute Gasteiger partial charge is 0.308 e. The van der Waals surface area contributed by atoms with Crippen molar-refractivity contribution in [3.63, 3.8) is 0 Å². The number of aromatic amines is 1. The molecule has 204 valence electrons. The summed E-state index contributed by atoms with van der Waals surface area (Å²) in [5.41, 5.74) is 0.946. The van der Waals surface area contributed by atoms with Crippen LogP contribution in [0.2, 0.25) is 0 Å². The van der Waals surface area contributed by atoms with Crippen LogP contribution in [-0.4, -0.2) is 61.5 Å². The SMILES string of the molecule is [C-]#[N+]C(C)(C)C(=O)N1CCC[C@@H](Nc2n[nH]c3nccc(Oc4ccc(C(=O)Nc5cc(C)ccn5)cc4)c23)C1. The molecule has 0 saturated carbocycles. The highest BCUT2D eigenvalue weighted by atomic mass is 16.5. The normalized spacial score (nSPS) is 15.3. The number of hydrogen-bond donors (Lipinski definition) is 3. The topological polar surface area (TPSA) is 129 Å². The summed E-state index contributed by atoms with van der Waals surface area (Å²) in [6, 6.07) is 12.2. The van der Waals surface area contributed by atoms with Crippen molar-refractivity contribution in [2.24, 2.45) is 0 Å². The van der Waals surface area contributed by atoms with Crippen LogP contribution in [0.1, 0.15) is 42.6 Å². The first-order chi connectivity index (χ1) is 19.2. The molecule has 1 aromatic carbocycles. The maximum absolute atomic E-state index is 12.8. The molecule has 4 aromatic rings. The lowest BCUT2D eigenvalue weighted by molar-refractivity contribution is -0.135. The van der Waals surface area contributed by atoms with Crippen molar-refractivity contribution in [2.75, 3.05) is 23.7 Å². The molecule has 0 unspecified atom stereocenters. The van der Waals surface area contributed by atoms with Gasteiger partial charge >= 0.3 is 11.4 Å². The maximum atomic E-state index is 12.8. The predicted octanol–water partition coefficient (Wildman–Crippen LogP) is 4.81. The Morgan fingerprint density at radius 1 is 1.15 bits per heavy atom. The van der Waals surface area contributed by atoms with E-state index in [4.69, 9.17) is 11.3 Å². The zero-order valence-corrected chi connectivity index (χ0v) is 22.6. The number of anilines is 2. The fourth-order valence-corrected chi connectivity index (χ4v) is 4.61. The van der Waals surface area contributed by atoms with Gasteiger partial charge in [-0.2, -0.15) is 5.10 Å². The zero-order chi connectivity index (χ0) is 28.3. The van der Waals surface area contributed by atoms with Crippen molar-refractivity contribution in [1.29, 1.82) is 0 Å². The van der Waals surface area contributed by atoms with Crippen LogP contribution in [0, 0.1) is 13.5 Å². The number of ether oxygens (including phenoxy) is 1.